The van der Waals surface area contributed by atoms with Gasteiger partial charge in [-0.1, -0.05) is 0 Å². The quantitative estimate of drug-likeness (QED) is 0.800. The van der Waals surface area contributed by atoms with E-state index in [1.165, 1.54) is 0 Å². The number of carbonyl (C=O) groups is 2. The van der Waals surface area contributed by atoms with Gasteiger partial charge in [-0.15, -0.1) is 0 Å². The Kier molecular flexibility index (Phi) is 3.25. The lowest BCUT2D eigenvalue weighted by atomic mass is 9.75. The second-order valence-corrected chi connectivity index (χ2v) is 6.37. The molecule has 2 N–H and O–H groups in total. The summed E-state index contributed by atoms with van der Waals surface area (Å²) in [6.07, 6.45) is 5.66. The molecule has 5 nitrogen and oxygen atoms in total. The molecule has 0 atom stereocenters. The minimum absolute atomic E-state index is 0.167. The predicted octanol–water partition coefficient (Wildman–Crippen LogP) is 0.339. The molecule has 3 rings (SSSR count). The van der Waals surface area contributed by atoms with E-state index in [-0.39, 0.29) is 17.4 Å². The van der Waals surface area contributed by atoms with Crippen LogP contribution in [-0.2, 0) is 9.59 Å². The van der Waals surface area contributed by atoms with Crippen molar-refractivity contribution in [2.24, 2.45) is 11.7 Å². The van der Waals surface area contributed by atoms with Gasteiger partial charge >= 0.3 is 0 Å². The number of rotatable bonds is 3. The molecule has 3 aliphatic rings. The van der Waals surface area contributed by atoms with Crippen molar-refractivity contribution in [2.75, 3.05) is 26.2 Å². The average Bonchev–Trinajstić information content (AvgIpc) is 3.20. The van der Waals surface area contributed by atoms with E-state index in [0.717, 1.165) is 32.1 Å². The van der Waals surface area contributed by atoms with Gasteiger partial charge in [0, 0.05) is 44.1 Å². The zero-order valence-corrected chi connectivity index (χ0v) is 11.4. The van der Waals surface area contributed by atoms with Crippen molar-refractivity contribution in [3.8, 4) is 0 Å². The summed E-state index contributed by atoms with van der Waals surface area (Å²) in [6.45, 7) is 2.73. The lowest BCUT2D eigenvalue weighted by molar-refractivity contribution is -0.141. The van der Waals surface area contributed by atoms with Gasteiger partial charge in [0.2, 0.25) is 11.8 Å². The molecule has 0 bridgehead atoms. The largest absolute Gasteiger partial charge is 0.339 e. The van der Waals surface area contributed by atoms with E-state index in [4.69, 9.17) is 5.73 Å². The molecule has 106 valence electrons. The van der Waals surface area contributed by atoms with Crippen LogP contribution in [0.4, 0.5) is 0 Å². The molecule has 0 aromatic heterocycles. The Morgan fingerprint density at radius 1 is 1.05 bits per heavy atom. The van der Waals surface area contributed by atoms with Gasteiger partial charge in [0.15, 0.2) is 0 Å². The monoisotopic (exact) mass is 265 g/mol. The van der Waals surface area contributed by atoms with Crippen LogP contribution in [0.1, 0.15) is 38.5 Å². The Hall–Kier alpha value is -1.10. The van der Waals surface area contributed by atoms with Crippen molar-refractivity contribution in [1.29, 1.82) is 0 Å². The molecular formula is C14H23N3O2. The Balaban J connectivity index is 1.46. The zero-order chi connectivity index (χ0) is 13.5. The SMILES string of the molecule is NC1(CC(=O)N2CCN(C(=O)C3CC3)CC2)CCC1. The molecule has 2 saturated carbocycles. The number of carbonyl (C=O) groups excluding carboxylic acids is 2. The fourth-order valence-electron chi connectivity index (χ4n) is 2.99. The molecule has 0 radical (unpaired) electrons. The summed E-state index contributed by atoms with van der Waals surface area (Å²) >= 11 is 0. The molecule has 2 amide bonds. The Bertz CT molecular complexity index is 380. The van der Waals surface area contributed by atoms with Crippen LogP contribution in [0, 0.1) is 5.92 Å². The van der Waals surface area contributed by atoms with E-state index >= 15 is 0 Å². The molecule has 0 aromatic carbocycles. The fourth-order valence-corrected chi connectivity index (χ4v) is 2.99. The third-order valence-electron chi connectivity index (χ3n) is 4.72. The van der Waals surface area contributed by atoms with E-state index in [2.05, 4.69) is 0 Å². The van der Waals surface area contributed by atoms with Crippen molar-refractivity contribution in [3.63, 3.8) is 0 Å². The summed E-state index contributed by atoms with van der Waals surface area (Å²) in [5.74, 6) is 0.742. The van der Waals surface area contributed by atoms with Crippen LogP contribution in [0.25, 0.3) is 0 Å². The average molecular weight is 265 g/mol. The molecule has 2 aliphatic carbocycles. The highest BCUT2D eigenvalue weighted by Crippen LogP contribution is 2.33. The first kappa shape index (κ1) is 12.9. The molecule has 5 heteroatoms. The van der Waals surface area contributed by atoms with Crippen LogP contribution in [-0.4, -0.2) is 53.3 Å². The van der Waals surface area contributed by atoms with Crippen molar-refractivity contribution >= 4 is 11.8 Å². The molecule has 1 aliphatic heterocycles. The van der Waals surface area contributed by atoms with Crippen LogP contribution in [0.2, 0.25) is 0 Å². The summed E-state index contributed by atoms with van der Waals surface area (Å²) in [4.78, 5) is 27.9. The third kappa shape index (κ3) is 2.76. The number of hydrogen-bond donors (Lipinski definition) is 1. The molecule has 0 unspecified atom stereocenters. The Morgan fingerprint density at radius 3 is 2.11 bits per heavy atom. The summed E-state index contributed by atoms with van der Waals surface area (Å²) < 4.78 is 0. The zero-order valence-electron chi connectivity index (χ0n) is 11.4. The van der Waals surface area contributed by atoms with E-state index in [9.17, 15) is 9.59 Å². The van der Waals surface area contributed by atoms with Crippen molar-refractivity contribution < 1.29 is 9.59 Å². The van der Waals surface area contributed by atoms with Crippen LogP contribution in [0.3, 0.4) is 0 Å². The first-order valence-corrected chi connectivity index (χ1v) is 7.43. The third-order valence-corrected chi connectivity index (χ3v) is 4.72. The van der Waals surface area contributed by atoms with Gasteiger partial charge in [-0.2, -0.15) is 0 Å². The highest BCUT2D eigenvalue weighted by molar-refractivity contribution is 5.82. The van der Waals surface area contributed by atoms with Gasteiger partial charge in [0.1, 0.15) is 0 Å². The standard InChI is InChI=1S/C14H23N3O2/c15-14(4-1-5-14)10-12(18)16-6-8-17(9-7-16)13(19)11-2-3-11/h11H,1-10,15H2. The highest BCUT2D eigenvalue weighted by atomic mass is 16.2. The minimum atomic E-state index is -0.238. The van der Waals surface area contributed by atoms with Crippen molar-refractivity contribution in [1.82, 2.24) is 9.80 Å². The molecule has 0 spiro atoms. The fraction of sp³-hybridized carbons (Fsp3) is 0.857. The van der Waals surface area contributed by atoms with Gasteiger partial charge in [-0.05, 0) is 32.1 Å². The summed E-state index contributed by atoms with van der Waals surface area (Å²) in [6, 6.07) is 0. The van der Waals surface area contributed by atoms with Crippen molar-refractivity contribution in [3.05, 3.63) is 0 Å². The number of piperazine rings is 1. The Labute approximate surface area is 114 Å². The summed E-state index contributed by atoms with van der Waals surface area (Å²) in [5.41, 5.74) is 5.88. The predicted molar refractivity (Wildman–Crippen MR) is 71.3 cm³/mol. The maximum Gasteiger partial charge on any atom is 0.225 e. The van der Waals surface area contributed by atoms with Crippen LogP contribution in [0.15, 0.2) is 0 Å². The molecule has 1 heterocycles. The smallest absolute Gasteiger partial charge is 0.225 e. The number of nitrogens with two attached hydrogens (primary N) is 1. The minimum Gasteiger partial charge on any atom is -0.339 e. The first-order valence-electron chi connectivity index (χ1n) is 7.43. The van der Waals surface area contributed by atoms with E-state index < -0.39 is 0 Å². The van der Waals surface area contributed by atoms with E-state index in [0.29, 0.717) is 38.5 Å². The van der Waals surface area contributed by atoms with Gasteiger partial charge in [-0.25, -0.2) is 0 Å². The molecule has 0 aromatic rings. The number of nitrogens with zero attached hydrogens (tertiary/aromatic N) is 2. The van der Waals surface area contributed by atoms with Crippen LogP contribution >= 0.6 is 0 Å². The molecular weight excluding hydrogens is 242 g/mol. The maximum absolute atomic E-state index is 12.2. The van der Waals surface area contributed by atoms with E-state index in [1.807, 2.05) is 9.80 Å². The van der Waals surface area contributed by atoms with Gasteiger partial charge in [0.25, 0.3) is 0 Å². The van der Waals surface area contributed by atoms with E-state index in [1.54, 1.807) is 0 Å². The molecule has 1 saturated heterocycles. The van der Waals surface area contributed by atoms with Gasteiger partial charge < -0.3 is 15.5 Å². The summed E-state index contributed by atoms with van der Waals surface area (Å²) in [7, 11) is 0. The second-order valence-electron chi connectivity index (χ2n) is 6.37. The van der Waals surface area contributed by atoms with Gasteiger partial charge in [0.05, 0.1) is 0 Å². The summed E-state index contributed by atoms with van der Waals surface area (Å²) in [5, 5.41) is 0. The normalized spacial score (nSPS) is 25.9. The molecule has 3 fully saturated rings. The lowest BCUT2D eigenvalue weighted by Crippen LogP contribution is -2.55. The van der Waals surface area contributed by atoms with Gasteiger partial charge in [-0.3, -0.25) is 9.59 Å². The second kappa shape index (κ2) is 4.78. The Morgan fingerprint density at radius 2 is 1.63 bits per heavy atom. The van der Waals surface area contributed by atoms with Crippen LogP contribution < -0.4 is 5.73 Å². The first-order chi connectivity index (χ1) is 9.07. The highest BCUT2D eigenvalue weighted by Gasteiger charge is 2.38. The molecule has 19 heavy (non-hydrogen) atoms. The topological polar surface area (TPSA) is 66.6 Å². The number of hydrogen-bond acceptors (Lipinski definition) is 3. The number of amides is 2. The van der Waals surface area contributed by atoms with Crippen LogP contribution in [0.5, 0.6) is 0 Å². The maximum atomic E-state index is 12.2. The van der Waals surface area contributed by atoms with Crippen molar-refractivity contribution in [2.45, 2.75) is 44.1 Å². The lowest BCUT2D eigenvalue weighted by Gasteiger charge is -2.41.